The van der Waals surface area contributed by atoms with Crippen LogP contribution in [0.3, 0.4) is 0 Å². The standard InChI is InChI=1S/C20H22N2OS/c1-12-4-5-15-8-16-9-18(24-19(16)21-17(15)7-12)20(23)22-10-13(2)6-14(3)11-22/h4-5,7-9,13-14H,6,10-11H2,1-3H3/t13-,14-/m1/s1. The number of pyridine rings is 1. The lowest BCUT2D eigenvalue weighted by molar-refractivity contribution is 0.0628. The molecule has 1 aromatic carbocycles. The normalized spacial score (nSPS) is 21.5. The second kappa shape index (κ2) is 5.85. The molecule has 2 atom stereocenters. The second-order valence-corrected chi connectivity index (χ2v) is 8.38. The van der Waals surface area contributed by atoms with Gasteiger partial charge >= 0.3 is 0 Å². The fourth-order valence-electron chi connectivity index (χ4n) is 3.83. The van der Waals surface area contributed by atoms with E-state index in [1.165, 1.54) is 23.3 Å². The first-order chi connectivity index (χ1) is 11.5. The van der Waals surface area contributed by atoms with Crippen LogP contribution in [0.4, 0.5) is 0 Å². The summed E-state index contributed by atoms with van der Waals surface area (Å²) < 4.78 is 0. The van der Waals surface area contributed by atoms with Gasteiger partial charge < -0.3 is 4.90 Å². The summed E-state index contributed by atoms with van der Waals surface area (Å²) in [6.45, 7) is 8.28. The fraction of sp³-hybridized carbons (Fsp3) is 0.400. The number of aryl methyl sites for hydroxylation is 1. The Morgan fingerprint density at radius 3 is 2.62 bits per heavy atom. The van der Waals surface area contributed by atoms with Crippen molar-refractivity contribution in [2.24, 2.45) is 11.8 Å². The van der Waals surface area contributed by atoms with Gasteiger partial charge in [-0.05, 0) is 48.9 Å². The van der Waals surface area contributed by atoms with E-state index in [-0.39, 0.29) is 5.91 Å². The van der Waals surface area contributed by atoms with Gasteiger partial charge in [0.05, 0.1) is 10.4 Å². The van der Waals surface area contributed by atoms with Crippen LogP contribution in [-0.4, -0.2) is 28.9 Å². The van der Waals surface area contributed by atoms with Crippen molar-refractivity contribution in [1.82, 2.24) is 9.88 Å². The molecule has 0 unspecified atom stereocenters. The van der Waals surface area contributed by atoms with Gasteiger partial charge in [-0.2, -0.15) is 0 Å². The molecule has 1 saturated heterocycles. The largest absolute Gasteiger partial charge is 0.337 e. The number of aromatic nitrogens is 1. The van der Waals surface area contributed by atoms with Crippen LogP contribution < -0.4 is 0 Å². The molecule has 0 spiro atoms. The highest BCUT2D eigenvalue weighted by atomic mass is 32.1. The van der Waals surface area contributed by atoms with Crippen LogP contribution in [0.15, 0.2) is 30.3 Å². The summed E-state index contributed by atoms with van der Waals surface area (Å²) in [5.41, 5.74) is 2.21. The van der Waals surface area contributed by atoms with Crippen molar-refractivity contribution in [3.63, 3.8) is 0 Å². The maximum absolute atomic E-state index is 12.9. The first-order valence-corrected chi connectivity index (χ1v) is 9.41. The lowest BCUT2D eigenvalue weighted by atomic mass is 9.92. The molecule has 3 aromatic rings. The highest BCUT2D eigenvalue weighted by molar-refractivity contribution is 7.20. The minimum atomic E-state index is 0.164. The Bertz CT molecular complexity index is 920. The van der Waals surface area contributed by atoms with Crippen molar-refractivity contribution in [2.45, 2.75) is 27.2 Å². The Morgan fingerprint density at radius 1 is 1.12 bits per heavy atom. The van der Waals surface area contributed by atoms with Crippen LogP contribution in [0.1, 0.15) is 35.5 Å². The molecule has 3 nitrogen and oxygen atoms in total. The summed E-state index contributed by atoms with van der Waals surface area (Å²) >= 11 is 1.52. The number of benzene rings is 1. The van der Waals surface area contributed by atoms with Crippen LogP contribution in [0.2, 0.25) is 0 Å². The van der Waals surface area contributed by atoms with Gasteiger partial charge in [-0.25, -0.2) is 4.98 Å². The van der Waals surface area contributed by atoms with E-state index >= 15 is 0 Å². The predicted molar refractivity (Wildman–Crippen MR) is 101 cm³/mol. The molecular weight excluding hydrogens is 316 g/mol. The number of thiophene rings is 1. The Kier molecular flexibility index (Phi) is 3.80. The number of rotatable bonds is 1. The number of amides is 1. The van der Waals surface area contributed by atoms with Crippen molar-refractivity contribution < 1.29 is 4.79 Å². The van der Waals surface area contributed by atoms with Crippen molar-refractivity contribution >= 4 is 38.4 Å². The number of piperidine rings is 1. The molecule has 0 N–H and O–H groups in total. The Hall–Kier alpha value is -1.94. The van der Waals surface area contributed by atoms with Crippen molar-refractivity contribution in [2.75, 3.05) is 13.1 Å². The van der Waals surface area contributed by atoms with E-state index < -0.39 is 0 Å². The first-order valence-electron chi connectivity index (χ1n) is 8.60. The molecular formula is C20H22N2OS. The lowest BCUT2D eigenvalue weighted by Gasteiger charge is -2.34. The van der Waals surface area contributed by atoms with Gasteiger partial charge in [0.15, 0.2) is 0 Å². The molecule has 0 saturated carbocycles. The smallest absolute Gasteiger partial charge is 0.264 e. The highest BCUT2D eigenvalue weighted by Gasteiger charge is 2.27. The predicted octanol–water partition coefficient (Wildman–Crippen LogP) is 4.88. The molecule has 3 heterocycles. The van der Waals surface area contributed by atoms with Gasteiger partial charge in [-0.1, -0.05) is 26.0 Å². The topological polar surface area (TPSA) is 33.2 Å². The number of fused-ring (bicyclic) bond motifs is 2. The molecule has 2 aromatic heterocycles. The van der Waals surface area contributed by atoms with E-state index in [9.17, 15) is 4.79 Å². The van der Waals surface area contributed by atoms with Crippen LogP contribution in [0.5, 0.6) is 0 Å². The molecule has 1 fully saturated rings. The van der Waals surface area contributed by atoms with Gasteiger partial charge in [-0.15, -0.1) is 11.3 Å². The number of likely N-dealkylation sites (tertiary alicyclic amines) is 1. The Balaban J connectivity index is 1.71. The first kappa shape index (κ1) is 15.6. The molecule has 124 valence electrons. The number of nitrogens with zero attached hydrogens (tertiary/aromatic N) is 2. The summed E-state index contributed by atoms with van der Waals surface area (Å²) in [7, 11) is 0. The third-order valence-corrected chi connectivity index (χ3v) is 5.86. The molecule has 1 amide bonds. The minimum Gasteiger partial charge on any atom is -0.337 e. The summed E-state index contributed by atoms with van der Waals surface area (Å²) in [6, 6.07) is 10.5. The number of carbonyl (C=O) groups excluding carboxylic acids is 1. The zero-order valence-corrected chi connectivity index (χ0v) is 15.2. The molecule has 0 aliphatic carbocycles. The SMILES string of the molecule is Cc1ccc2cc3cc(C(=O)N4C[C@H](C)C[C@@H](C)C4)sc3nc2c1. The summed E-state index contributed by atoms with van der Waals surface area (Å²) in [6.07, 6.45) is 1.21. The van der Waals surface area contributed by atoms with Crippen LogP contribution >= 0.6 is 11.3 Å². The minimum absolute atomic E-state index is 0.164. The Morgan fingerprint density at radius 2 is 1.88 bits per heavy atom. The quantitative estimate of drug-likeness (QED) is 0.634. The molecule has 4 rings (SSSR count). The molecule has 0 radical (unpaired) electrons. The highest BCUT2D eigenvalue weighted by Crippen LogP contribution is 2.30. The zero-order valence-electron chi connectivity index (χ0n) is 14.4. The van der Waals surface area contributed by atoms with Gasteiger partial charge in [-0.3, -0.25) is 4.79 Å². The third-order valence-electron chi connectivity index (χ3n) is 4.83. The van der Waals surface area contributed by atoms with Crippen molar-refractivity contribution in [3.05, 3.63) is 40.8 Å². The zero-order chi connectivity index (χ0) is 16.8. The van der Waals surface area contributed by atoms with E-state index in [4.69, 9.17) is 4.98 Å². The molecule has 1 aliphatic rings. The van der Waals surface area contributed by atoms with Gasteiger partial charge in [0.1, 0.15) is 4.83 Å². The van der Waals surface area contributed by atoms with Crippen LogP contribution in [-0.2, 0) is 0 Å². The summed E-state index contributed by atoms with van der Waals surface area (Å²) in [5, 5.41) is 2.20. The van der Waals surface area contributed by atoms with E-state index in [0.29, 0.717) is 11.8 Å². The van der Waals surface area contributed by atoms with E-state index in [0.717, 1.165) is 39.1 Å². The second-order valence-electron chi connectivity index (χ2n) is 7.35. The summed E-state index contributed by atoms with van der Waals surface area (Å²) in [4.78, 5) is 21.5. The maximum atomic E-state index is 12.9. The lowest BCUT2D eigenvalue weighted by Crippen LogP contribution is -2.42. The number of carbonyl (C=O) groups is 1. The van der Waals surface area contributed by atoms with E-state index in [1.807, 2.05) is 11.0 Å². The van der Waals surface area contributed by atoms with Crippen LogP contribution in [0.25, 0.3) is 21.1 Å². The number of hydrogen-bond donors (Lipinski definition) is 0. The van der Waals surface area contributed by atoms with Gasteiger partial charge in [0.2, 0.25) is 0 Å². The van der Waals surface area contributed by atoms with Crippen molar-refractivity contribution in [1.29, 1.82) is 0 Å². The Labute approximate surface area is 146 Å². The fourth-order valence-corrected chi connectivity index (χ4v) is 4.82. The maximum Gasteiger partial charge on any atom is 0.264 e. The van der Waals surface area contributed by atoms with Crippen molar-refractivity contribution in [3.8, 4) is 0 Å². The molecule has 24 heavy (non-hydrogen) atoms. The molecule has 1 aliphatic heterocycles. The monoisotopic (exact) mass is 338 g/mol. The average Bonchev–Trinajstić information content (AvgIpc) is 2.93. The average molecular weight is 338 g/mol. The van der Waals surface area contributed by atoms with Gasteiger partial charge in [0, 0.05) is 23.9 Å². The van der Waals surface area contributed by atoms with E-state index in [1.54, 1.807) is 0 Å². The van der Waals surface area contributed by atoms with E-state index in [2.05, 4.69) is 45.0 Å². The third kappa shape index (κ3) is 2.80. The molecule has 4 heteroatoms. The number of hydrogen-bond acceptors (Lipinski definition) is 3. The summed E-state index contributed by atoms with van der Waals surface area (Å²) in [5.74, 6) is 1.32. The molecule has 0 bridgehead atoms. The van der Waals surface area contributed by atoms with Crippen LogP contribution in [0, 0.1) is 18.8 Å². The van der Waals surface area contributed by atoms with Gasteiger partial charge in [0.25, 0.3) is 5.91 Å².